The molecule has 1 unspecified atom stereocenters. The summed E-state index contributed by atoms with van der Waals surface area (Å²) in [6.45, 7) is 2.00. The second-order valence-corrected chi connectivity index (χ2v) is 6.54. The Bertz CT molecular complexity index is 1020. The average molecular weight is 365 g/mol. The third-order valence-electron chi connectivity index (χ3n) is 4.61. The monoisotopic (exact) mass is 365 g/mol. The number of halogens is 2. The Balaban J connectivity index is 1.60. The Morgan fingerprint density at radius 1 is 1.07 bits per heavy atom. The fourth-order valence-electron chi connectivity index (χ4n) is 3.36. The molecule has 1 amide bonds. The van der Waals surface area contributed by atoms with Crippen LogP contribution in [0, 0.1) is 11.6 Å². The van der Waals surface area contributed by atoms with E-state index in [9.17, 15) is 13.6 Å². The largest absolute Gasteiger partial charge is 0.355 e. The highest BCUT2D eigenvalue weighted by Crippen LogP contribution is 2.33. The molecule has 3 aromatic rings. The van der Waals surface area contributed by atoms with Crippen molar-refractivity contribution in [2.24, 2.45) is 0 Å². The van der Waals surface area contributed by atoms with E-state index in [1.165, 1.54) is 12.3 Å². The van der Waals surface area contributed by atoms with Crippen LogP contribution in [-0.2, 0) is 6.42 Å². The lowest BCUT2D eigenvalue weighted by molar-refractivity contribution is 0.0976. The topological polar surface area (TPSA) is 45.2 Å². The lowest BCUT2D eigenvalue weighted by atomic mass is 10.1. The number of pyridine rings is 1. The molecule has 0 bridgehead atoms. The first-order valence-corrected chi connectivity index (χ1v) is 8.62. The first-order chi connectivity index (χ1) is 13.0. The minimum Gasteiger partial charge on any atom is -0.355 e. The molecule has 4 nitrogen and oxygen atoms in total. The fourth-order valence-corrected chi connectivity index (χ4v) is 3.36. The summed E-state index contributed by atoms with van der Waals surface area (Å²) >= 11 is 0. The molecule has 1 aliphatic heterocycles. The number of benzene rings is 2. The van der Waals surface area contributed by atoms with Crippen LogP contribution in [0.4, 0.5) is 25.8 Å². The van der Waals surface area contributed by atoms with Crippen molar-refractivity contribution in [3.05, 3.63) is 83.7 Å². The number of hydrogen-bond acceptors (Lipinski definition) is 3. The third kappa shape index (κ3) is 3.26. The van der Waals surface area contributed by atoms with Crippen LogP contribution in [0.15, 0.2) is 60.8 Å². The molecule has 27 heavy (non-hydrogen) atoms. The first-order valence-electron chi connectivity index (χ1n) is 8.62. The van der Waals surface area contributed by atoms with Crippen molar-refractivity contribution < 1.29 is 13.6 Å². The van der Waals surface area contributed by atoms with Gasteiger partial charge < -0.3 is 10.2 Å². The van der Waals surface area contributed by atoms with E-state index < -0.39 is 11.6 Å². The summed E-state index contributed by atoms with van der Waals surface area (Å²) < 4.78 is 26.5. The second kappa shape index (κ2) is 6.79. The number of nitrogens with one attached hydrogen (secondary N) is 1. The van der Waals surface area contributed by atoms with Gasteiger partial charge in [0.1, 0.15) is 5.69 Å². The molecule has 0 aliphatic carbocycles. The molecule has 0 saturated carbocycles. The van der Waals surface area contributed by atoms with Crippen molar-refractivity contribution in [2.45, 2.75) is 19.4 Å². The van der Waals surface area contributed by atoms with Crippen LogP contribution in [0.3, 0.4) is 0 Å². The SMILES string of the molecule is CC1Cc2ccccc2N1C(=O)c1cc(Nc2ccc(F)c(F)c2)ccn1. The summed E-state index contributed by atoms with van der Waals surface area (Å²) in [5.41, 5.74) is 3.27. The van der Waals surface area contributed by atoms with Gasteiger partial charge in [0.25, 0.3) is 5.91 Å². The molecule has 0 fully saturated rings. The van der Waals surface area contributed by atoms with E-state index in [1.807, 2.05) is 31.2 Å². The normalized spacial score (nSPS) is 15.5. The minimum atomic E-state index is -0.937. The smallest absolute Gasteiger partial charge is 0.277 e. The summed E-state index contributed by atoms with van der Waals surface area (Å²) in [6, 6.07) is 14.7. The molecule has 0 radical (unpaired) electrons. The summed E-state index contributed by atoms with van der Waals surface area (Å²) in [7, 11) is 0. The van der Waals surface area contributed by atoms with Crippen LogP contribution in [0.5, 0.6) is 0 Å². The van der Waals surface area contributed by atoms with Gasteiger partial charge in [0.05, 0.1) is 0 Å². The van der Waals surface area contributed by atoms with E-state index in [0.717, 1.165) is 29.8 Å². The second-order valence-electron chi connectivity index (χ2n) is 6.54. The number of carbonyl (C=O) groups is 1. The van der Waals surface area contributed by atoms with Gasteiger partial charge in [-0.2, -0.15) is 0 Å². The molecule has 0 saturated heterocycles. The Morgan fingerprint density at radius 2 is 1.85 bits per heavy atom. The standard InChI is InChI=1S/C21H17F2N3O/c1-13-10-14-4-2-3-5-20(14)26(13)21(27)19-12-16(8-9-24-19)25-15-6-7-17(22)18(23)11-15/h2-9,11-13H,10H2,1H3,(H,24,25). The molecule has 1 N–H and O–H groups in total. The Morgan fingerprint density at radius 3 is 2.67 bits per heavy atom. The van der Waals surface area contributed by atoms with Crippen molar-refractivity contribution in [3.8, 4) is 0 Å². The van der Waals surface area contributed by atoms with Gasteiger partial charge in [0, 0.05) is 35.4 Å². The molecule has 1 aliphatic rings. The van der Waals surface area contributed by atoms with E-state index in [2.05, 4.69) is 10.3 Å². The number of fused-ring (bicyclic) bond motifs is 1. The zero-order valence-electron chi connectivity index (χ0n) is 14.6. The highest BCUT2D eigenvalue weighted by atomic mass is 19.2. The Labute approximate surface area is 155 Å². The lowest BCUT2D eigenvalue weighted by Gasteiger charge is -2.22. The molecule has 2 heterocycles. The number of nitrogens with zero attached hydrogens (tertiary/aromatic N) is 2. The van der Waals surface area contributed by atoms with Crippen molar-refractivity contribution in [1.29, 1.82) is 0 Å². The van der Waals surface area contributed by atoms with Crippen molar-refractivity contribution >= 4 is 23.0 Å². The number of anilines is 3. The molecule has 6 heteroatoms. The molecule has 0 spiro atoms. The maximum Gasteiger partial charge on any atom is 0.277 e. The zero-order chi connectivity index (χ0) is 19.0. The molecule has 1 atom stereocenters. The number of hydrogen-bond donors (Lipinski definition) is 1. The maximum atomic E-state index is 13.4. The number of amides is 1. The van der Waals surface area contributed by atoms with Crippen LogP contribution in [0.2, 0.25) is 0 Å². The summed E-state index contributed by atoms with van der Waals surface area (Å²) in [5.74, 6) is -2.04. The van der Waals surface area contributed by atoms with Gasteiger partial charge in [-0.25, -0.2) is 8.78 Å². The quantitative estimate of drug-likeness (QED) is 0.732. The van der Waals surface area contributed by atoms with Crippen LogP contribution in [0.1, 0.15) is 23.0 Å². The number of carbonyl (C=O) groups excluding carboxylic acids is 1. The molecular formula is C21H17F2N3O. The first kappa shape index (κ1) is 17.1. The summed E-state index contributed by atoms with van der Waals surface area (Å²) in [4.78, 5) is 19.0. The van der Waals surface area contributed by atoms with E-state index in [-0.39, 0.29) is 17.6 Å². The van der Waals surface area contributed by atoms with Crippen LogP contribution in [0.25, 0.3) is 0 Å². The number of para-hydroxylation sites is 1. The zero-order valence-corrected chi connectivity index (χ0v) is 14.6. The van der Waals surface area contributed by atoms with E-state index >= 15 is 0 Å². The van der Waals surface area contributed by atoms with Gasteiger partial charge in [0.15, 0.2) is 11.6 Å². The van der Waals surface area contributed by atoms with Gasteiger partial charge in [-0.05, 0) is 49.2 Å². The average Bonchev–Trinajstić information content (AvgIpc) is 3.00. The van der Waals surface area contributed by atoms with Crippen LogP contribution < -0.4 is 10.2 Å². The highest BCUT2D eigenvalue weighted by Gasteiger charge is 2.31. The predicted octanol–water partition coefficient (Wildman–Crippen LogP) is 4.69. The predicted molar refractivity (Wildman–Crippen MR) is 100 cm³/mol. The molecular weight excluding hydrogens is 348 g/mol. The van der Waals surface area contributed by atoms with Gasteiger partial charge >= 0.3 is 0 Å². The fraction of sp³-hybridized carbons (Fsp3) is 0.143. The Hall–Kier alpha value is -3.28. The third-order valence-corrected chi connectivity index (χ3v) is 4.61. The van der Waals surface area contributed by atoms with Crippen molar-refractivity contribution in [3.63, 3.8) is 0 Å². The number of aromatic nitrogens is 1. The molecule has 4 rings (SSSR count). The maximum absolute atomic E-state index is 13.4. The van der Waals surface area contributed by atoms with Gasteiger partial charge in [-0.1, -0.05) is 18.2 Å². The van der Waals surface area contributed by atoms with Gasteiger partial charge in [-0.3, -0.25) is 9.78 Å². The minimum absolute atomic E-state index is 0.0412. The van der Waals surface area contributed by atoms with Crippen molar-refractivity contribution in [1.82, 2.24) is 4.98 Å². The van der Waals surface area contributed by atoms with Crippen molar-refractivity contribution in [2.75, 3.05) is 10.2 Å². The Kier molecular flexibility index (Phi) is 4.32. The molecule has 2 aromatic carbocycles. The van der Waals surface area contributed by atoms with E-state index in [0.29, 0.717) is 11.4 Å². The van der Waals surface area contributed by atoms with E-state index in [4.69, 9.17) is 0 Å². The summed E-state index contributed by atoms with van der Waals surface area (Å²) in [6.07, 6.45) is 2.32. The highest BCUT2D eigenvalue weighted by molar-refractivity contribution is 6.07. The van der Waals surface area contributed by atoms with Gasteiger partial charge in [0.2, 0.25) is 0 Å². The van der Waals surface area contributed by atoms with Crippen LogP contribution in [-0.4, -0.2) is 16.9 Å². The van der Waals surface area contributed by atoms with Gasteiger partial charge in [-0.15, -0.1) is 0 Å². The summed E-state index contributed by atoms with van der Waals surface area (Å²) in [5, 5.41) is 2.97. The lowest BCUT2D eigenvalue weighted by Crippen LogP contribution is -2.36. The van der Waals surface area contributed by atoms with Crippen LogP contribution >= 0.6 is 0 Å². The molecule has 136 valence electrons. The molecule has 1 aromatic heterocycles. The number of rotatable bonds is 3. The van der Waals surface area contributed by atoms with E-state index in [1.54, 1.807) is 17.0 Å².